The molecule has 12 nitrogen and oxygen atoms in total. The quantitative estimate of drug-likeness (QED) is 0.104. The van der Waals surface area contributed by atoms with E-state index in [1.54, 1.807) is 13.8 Å². The number of carbonyl (C=O) groups excluding carboxylic acids is 2. The number of carbonyl (C=O) groups is 2. The summed E-state index contributed by atoms with van der Waals surface area (Å²) >= 11 is 0. The Morgan fingerprint density at radius 3 is 2.11 bits per heavy atom. The van der Waals surface area contributed by atoms with E-state index in [2.05, 4.69) is 27.5 Å². The van der Waals surface area contributed by atoms with Crippen LogP contribution in [0.3, 0.4) is 0 Å². The predicted molar refractivity (Wildman–Crippen MR) is 166 cm³/mol. The molecule has 45 heavy (non-hydrogen) atoms. The smallest absolute Gasteiger partial charge is 0.475 e. The number of aromatic amines is 1. The monoisotopic (exact) mass is 617 g/mol. The van der Waals surface area contributed by atoms with Gasteiger partial charge in [-0.25, -0.2) is 14.6 Å². The van der Waals surface area contributed by atoms with E-state index in [-0.39, 0.29) is 36.5 Å². The average molecular weight is 618 g/mol. The van der Waals surface area contributed by atoms with Crippen LogP contribution in [0.5, 0.6) is 17.4 Å². The number of ether oxygens (including phenoxy) is 5. The van der Waals surface area contributed by atoms with E-state index in [4.69, 9.17) is 28.7 Å². The van der Waals surface area contributed by atoms with Gasteiger partial charge in [-0.1, -0.05) is 81.6 Å². The molecule has 0 radical (unpaired) electrons. The topological polar surface area (TPSA) is 148 Å². The lowest BCUT2D eigenvalue weighted by molar-refractivity contribution is 0.100. The standard InChI is InChI=1S/C33H39N5O7/c1-5-9-13-25(23-18-16-22(17-19-23)24-14-11-12-15-26(24)30-35-37-38-36-30)29-27(44-32(39)41-7-3)21-28(45-33(40)42-8-4)31(34-29)43-20-10-6-2/h11-12,14-19,21,25H,5-10,13,20H2,1-4H3,(H,35,36,37,38). The fraction of sp³-hybridized carbons (Fsp3) is 0.394. The maximum atomic E-state index is 12.5. The zero-order valence-electron chi connectivity index (χ0n) is 26.1. The van der Waals surface area contributed by atoms with E-state index in [1.165, 1.54) is 6.07 Å². The van der Waals surface area contributed by atoms with Gasteiger partial charge in [0.05, 0.1) is 25.5 Å². The molecule has 12 heteroatoms. The van der Waals surface area contributed by atoms with Crippen LogP contribution in [0.4, 0.5) is 9.59 Å². The number of unbranched alkanes of at least 4 members (excludes halogenated alkanes) is 2. The summed E-state index contributed by atoms with van der Waals surface area (Å²) in [6, 6.07) is 17.4. The largest absolute Gasteiger partial charge is 0.514 e. The molecule has 0 aliphatic rings. The minimum Gasteiger partial charge on any atom is -0.475 e. The number of nitrogens with zero attached hydrogens (tertiary/aromatic N) is 4. The molecule has 0 aliphatic carbocycles. The van der Waals surface area contributed by atoms with Crippen molar-refractivity contribution in [3.8, 4) is 39.9 Å². The van der Waals surface area contributed by atoms with Crippen LogP contribution in [-0.4, -0.2) is 57.7 Å². The van der Waals surface area contributed by atoms with Crippen molar-refractivity contribution in [2.45, 2.75) is 65.7 Å². The van der Waals surface area contributed by atoms with E-state index >= 15 is 0 Å². The molecule has 2 heterocycles. The number of hydrogen-bond acceptors (Lipinski definition) is 11. The van der Waals surface area contributed by atoms with E-state index < -0.39 is 12.3 Å². The second-order valence-corrected chi connectivity index (χ2v) is 10.0. The third kappa shape index (κ3) is 8.78. The fourth-order valence-electron chi connectivity index (χ4n) is 4.74. The maximum Gasteiger partial charge on any atom is 0.514 e. The lowest BCUT2D eigenvalue weighted by atomic mass is 9.88. The van der Waals surface area contributed by atoms with Crippen LogP contribution in [0.1, 0.15) is 77.0 Å². The number of hydrogen-bond donors (Lipinski definition) is 1. The molecule has 238 valence electrons. The summed E-state index contributed by atoms with van der Waals surface area (Å²) in [7, 11) is 0. The van der Waals surface area contributed by atoms with Crippen LogP contribution in [0.15, 0.2) is 54.6 Å². The number of benzene rings is 2. The molecule has 4 rings (SSSR count). The molecule has 4 aromatic rings. The first kappa shape index (κ1) is 32.9. The lowest BCUT2D eigenvalue weighted by Gasteiger charge is -2.22. The highest BCUT2D eigenvalue weighted by Gasteiger charge is 2.27. The van der Waals surface area contributed by atoms with Gasteiger partial charge >= 0.3 is 12.3 Å². The van der Waals surface area contributed by atoms with Crippen molar-refractivity contribution >= 4 is 12.3 Å². The van der Waals surface area contributed by atoms with Crippen LogP contribution in [0.25, 0.3) is 22.5 Å². The zero-order chi connectivity index (χ0) is 32.0. The minimum atomic E-state index is -0.923. The Balaban J connectivity index is 1.79. The highest BCUT2D eigenvalue weighted by atomic mass is 16.7. The van der Waals surface area contributed by atoms with E-state index in [1.807, 2.05) is 55.5 Å². The van der Waals surface area contributed by atoms with Crippen molar-refractivity contribution in [2.24, 2.45) is 0 Å². The predicted octanol–water partition coefficient (Wildman–Crippen LogP) is 7.50. The summed E-state index contributed by atoms with van der Waals surface area (Å²) in [5.74, 6) is 0.399. The first-order valence-corrected chi connectivity index (χ1v) is 15.3. The number of aromatic nitrogens is 5. The minimum absolute atomic E-state index is 0.0183. The molecule has 0 aliphatic heterocycles. The maximum absolute atomic E-state index is 12.5. The Kier molecular flexibility index (Phi) is 12.2. The Bertz CT molecular complexity index is 1530. The second-order valence-electron chi connectivity index (χ2n) is 10.0. The Labute approximate surface area is 262 Å². The van der Waals surface area contributed by atoms with Gasteiger partial charge in [0.1, 0.15) is 0 Å². The normalized spacial score (nSPS) is 11.5. The first-order valence-electron chi connectivity index (χ1n) is 15.3. The molecule has 0 saturated carbocycles. The molecule has 1 N–H and O–H groups in total. The van der Waals surface area contributed by atoms with Gasteiger partial charge in [0.25, 0.3) is 5.88 Å². The Morgan fingerprint density at radius 1 is 0.822 bits per heavy atom. The van der Waals surface area contributed by atoms with Crippen molar-refractivity contribution in [1.29, 1.82) is 0 Å². The highest BCUT2D eigenvalue weighted by Crippen LogP contribution is 2.41. The van der Waals surface area contributed by atoms with Gasteiger partial charge in [0, 0.05) is 17.5 Å². The van der Waals surface area contributed by atoms with Gasteiger partial charge in [-0.2, -0.15) is 5.21 Å². The van der Waals surface area contributed by atoms with Gasteiger partial charge in [-0.05, 0) is 48.6 Å². The van der Waals surface area contributed by atoms with E-state index in [0.29, 0.717) is 24.5 Å². The molecule has 0 saturated heterocycles. The highest BCUT2D eigenvalue weighted by molar-refractivity contribution is 5.80. The van der Waals surface area contributed by atoms with E-state index in [0.717, 1.165) is 47.9 Å². The number of H-pyrrole nitrogens is 1. The van der Waals surface area contributed by atoms with Gasteiger partial charge in [-0.15, -0.1) is 10.2 Å². The van der Waals surface area contributed by atoms with Crippen molar-refractivity contribution in [3.05, 3.63) is 65.9 Å². The third-order valence-corrected chi connectivity index (χ3v) is 6.91. The molecule has 2 aromatic heterocycles. The van der Waals surface area contributed by atoms with Crippen molar-refractivity contribution in [2.75, 3.05) is 19.8 Å². The van der Waals surface area contributed by atoms with Crippen molar-refractivity contribution < 1.29 is 33.3 Å². The number of rotatable bonds is 15. The van der Waals surface area contributed by atoms with Gasteiger partial charge in [-0.3, -0.25) is 0 Å². The van der Waals surface area contributed by atoms with Crippen LogP contribution < -0.4 is 14.2 Å². The molecule has 0 spiro atoms. The lowest BCUT2D eigenvalue weighted by Crippen LogP contribution is -2.17. The van der Waals surface area contributed by atoms with Crippen LogP contribution in [-0.2, 0) is 9.47 Å². The Hall–Kier alpha value is -5.00. The molecular formula is C33H39N5O7. The molecule has 1 atom stereocenters. The number of pyridine rings is 1. The van der Waals surface area contributed by atoms with Gasteiger partial charge in [0.15, 0.2) is 11.5 Å². The van der Waals surface area contributed by atoms with Crippen LogP contribution >= 0.6 is 0 Å². The van der Waals surface area contributed by atoms with E-state index in [9.17, 15) is 9.59 Å². The van der Waals surface area contributed by atoms with Gasteiger partial charge in [0.2, 0.25) is 5.82 Å². The summed E-state index contributed by atoms with van der Waals surface area (Å²) < 4.78 is 27.1. The van der Waals surface area contributed by atoms with Crippen molar-refractivity contribution in [1.82, 2.24) is 25.6 Å². The Morgan fingerprint density at radius 2 is 1.49 bits per heavy atom. The number of nitrogens with one attached hydrogen (secondary N) is 1. The van der Waals surface area contributed by atoms with Crippen molar-refractivity contribution in [3.63, 3.8) is 0 Å². The summed E-state index contributed by atoms with van der Waals surface area (Å²) in [5, 5.41) is 14.5. The molecule has 0 bridgehead atoms. The van der Waals surface area contributed by atoms with Gasteiger partial charge < -0.3 is 23.7 Å². The number of tetrazole rings is 1. The third-order valence-electron chi connectivity index (χ3n) is 6.91. The first-order chi connectivity index (χ1) is 22.0. The molecular weight excluding hydrogens is 578 g/mol. The summed E-state index contributed by atoms with van der Waals surface area (Å²) in [6.07, 6.45) is 2.35. The molecule has 1 unspecified atom stereocenters. The summed E-state index contributed by atoms with van der Waals surface area (Å²) in [5.41, 5.74) is 4.17. The molecule has 0 fully saturated rings. The summed E-state index contributed by atoms with van der Waals surface area (Å²) in [4.78, 5) is 29.6. The second kappa shape index (κ2) is 16.7. The van der Waals surface area contributed by atoms with Crippen LogP contribution in [0.2, 0.25) is 0 Å². The SMILES string of the molecule is CCCCOc1nc(C(CCCC)c2ccc(-c3ccccc3-c3nn[nH]n3)cc2)c(OC(=O)OCC)cc1OC(=O)OCC. The zero-order valence-corrected chi connectivity index (χ0v) is 26.1. The van der Waals surface area contributed by atoms with Crippen LogP contribution in [0, 0.1) is 0 Å². The fourth-order valence-corrected chi connectivity index (χ4v) is 4.74. The molecule has 0 amide bonds. The average Bonchev–Trinajstić information content (AvgIpc) is 3.58. The molecule has 2 aromatic carbocycles. The summed E-state index contributed by atoms with van der Waals surface area (Å²) in [6.45, 7) is 8.10.